The van der Waals surface area contributed by atoms with E-state index in [-0.39, 0.29) is 12.3 Å². The molecule has 2 atom stereocenters. The topological polar surface area (TPSA) is 95.5 Å². The molecule has 0 aromatic heterocycles. The maximum atomic E-state index is 11.7. The second-order valence-electron chi connectivity index (χ2n) is 6.87. The molecule has 152 valence electrons. The first-order valence-corrected chi connectivity index (χ1v) is 9.34. The molecular formula is C22H25N3O4. The summed E-state index contributed by atoms with van der Waals surface area (Å²) in [5.41, 5.74) is 9.00. The van der Waals surface area contributed by atoms with Gasteiger partial charge in [0, 0.05) is 17.0 Å². The fraction of sp³-hybridized carbons (Fsp3) is 0.318. The molecule has 3 rings (SSSR count). The number of amides is 1. The van der Waals surface area contributed by atoms with E-state index in [0.717, 1.165) is 23.4 Å². The lowest BCUT2D eigenvalue weighted by atomic mass is 10.0. The first-order chi connectivity index (χ1) is 14.0. The summed E-state index contributed by atoms with van der Waals surface area (Å²) in [5.74, 6) is 1.01. The van der Waals surface area contributed by atoms with Gasteiger partial charge in [-0.2, -0.15) is 0 Å². The fourth-order valence-corrected chi connectivity index (χ4v) is 3.34. The molecule has 1 fully saturated rings. The molecule has 2 aromatic carbocycles. The predicted octanol–water partition coefficient (Wildman–Crippen LogP) is 3.23. The molecule has 1 saturated carbocycles. The summed E-state index contributed by atoms with van der Waals surface area (Å²) in [6.07, 6.45) is 1.05. The smallest absolute Gasteiger partial charge is 0.271 e. The molecule has 7 heteroatoms. The Morgan fingerprint density at radius 2 is 1.83 bits per heavy atom. The quantitative estimate of drug-likeness (QED) is 0.521. The van der Waals surface area contributed by atoms with Gasteiger partial charge in [0.05, 0.1) is 12.8 Å². The fourth-order valence-electron chi connectivity index (χ4n) is 3.34. The van der Waals surface area contributed by atoms with Crippen LogP contribution in [-0.2, 0) is 21.1 Å². The molecule has 1 aliphatic carbocycles. The highest BCUT2D eigenvalue weighted by atomic mass is 16.6. The molecule has 1 amide bonds. The number of benzene rings is 2. The average Bonchev–Trinajstić information content (AvgIpc) is 3.53. The Labute approximate surface area is 170 Å². The van der Waals surface area contributed by atoms with Crippen molar-refractivity contribution in [2.75, 3.05) is 14.2 Å². The summed E-state index contributed by atoms with van der Waals surface area (Å²) in [5, 5.41) is 8.02. The molecule has 29 heavy (non-hydrogen) atoms. The third kappa shape index (κ3) is 4.93. The zero-order chi connectivity index (χ0) is 20.8. The molecule has 0 aliphatic heterocycles. The highest BCUT2D eigenvalue weighted by Crippen LogP contribution is 2.48. The van der Waals surface area contributed by atoms with Crippen LogP contribution in [0, 0.1) is 5.92 Å². The van der Waals surface area contributed by atoms with E-state index in [2.05, 4.69) is 22.4 Å². The van der Waals surface area contributed by atoms with Crippen molar-refractivity contribution < 1.29 is 19.2 Å². The molecule has 7 nitrogen and oxygen atoms in total. The van der Waals surface area contributed by atoms with E-state index in [4.69, 9.17) is 20.1 Å². The Balaban J connectivity index is 1.63. The van der Waals surface area contributed by atoms with E-state index < -0.39 is 5.91 Å². The normalized spacial score (nSPS) is 18.9. The summed E-state index contributed by atoms with van der Waals surface area (Å²) < 4.78 is 5.21. The van der Waals surface area contributed by atoms with Gasteiger partial charge < -0.3 is 20.1 Å². The third-order valence-electron chi connectivity index (χ3n) is 4.99. The number of carbonyl (C=O) groups excluding carboxylic acids is 1. The van der Waals surface area contributed by atoms with E-state index in [1.165, 1.54) is 12.7 Å². The maximum absolute atomic E-state index is 11.7. The van der Waals surface area contributed by atoms with Crippen LogP contribution < -0.4 is 10.5 Å². The van der Waals surface area contributed by atoms with Crippen molar-refractivity contribution in [3.05, 3.63) is 65.2 Å². The molecule has 0 bridgehead atoms. The molecule has 0 radical (unpaired) electrons. The van der Waals surface area contributed by atoms with Crippen molar-refractivity contribution in [3.63, 3.8) is 0 Å². The Hall–Kier alpha value is -3.35. The second-order valence-corrected chi connectivity index (χ2v) is 6.87. The minimum absolute atomic E-state index is 0.0502. The zero-order valence-electron chi connectivity index (χ0n) is 16.8. The van der Waals surface area contributed by atoms with Crippen molar-refractivity contribution in [1.82, 2.24) is 0 Å². The average molecular weight is 395 g/mol. The van der Waals surface area contributed by atoms with E-state index >= 15 is 0 Å². The standard InChI is InChI=1S/C22H25N3O4/c1-14(19-12-20(19)15-8-10-17(27-2)11-9-15)24-29-13-16-6-4-5-7-18(16)21(22(23)26)25-28-3/h4-11,19-20H,12-13H2,1-3H3,(H2,23,26). The van der Waals surface area contributed by atoms with E-state index in [9.17, 15) is 4.79 Å². The van der Waals surface area contributed by atoms with Crippen molar-refractivity contribution in [1.29, 1.82) is 0 Å². The van der Waals surface area contributed by atoms with Crippen LogP contribution in [0.5, 0.6) is 5.75 Å². The van der Waals surface area contributed by atoms with E-state index in [1.807, 2.05) is 31.2 Å². The largest absolute Gasteiger partial charge is 0.497 e. The monoisotopic (exact) mass is 395 g/mol. The van der Waals surface area contributed by atoms with Crippen molar-refractivity contribution in [2.24, 2.45) is 22.0 Å². The molecule has 2 aromatic rings. The SMILES string of the molecule is CON=C(C(N)=O)c1ccccc1CON=C(C)C1CC1c1ccc(OC)cc1. The predicted molar refractivity (Wildman–Crippen MR) is 111 cm³/mol. The summed E-state index contributed by atoms with van der Waals surface area (Å²) in [6, 6.07) is 15.4. The van der Waals surface area contributed by atoms with E-state index in [1.54, 1.807) is 19.2 Å². The number of ether oxygens (including phenoxy) is 1. The summed E-state index contributed by atoms with van der Waals surface area (Å²) in [7, 11) is 3.03. The number of hydrogen-bond acceptors (Lipinski definition) is 6. The van der Waals surface area contributed by atoms with Gasteiger partial charge in [-0.15, -0.1) is 0 Å². The Bertz CT molecular complexity index is 922. The Morgan fingerprint density at radius 3 is 2.48 bits per heavy atom. The minimum Gasteiger partial charge on any atom is -0.497 e. The molecule has 2 unspecified atom stereocenters. The van der Waals surface area contributed by atoms with Crippen molar-refractivity contribution >= 4 is 17.3 Å². The Kier molecular flexibility index (Phi) is 6.49. The van der Waals surface area contributed by atoms with Crippen LogP contribution in [0.1, 0.15) is 36.0 Å². The molecule has 1 aliphatic rings. The molecule has 0 spiro atoms. The zero-order valence-corrected chi connectivity index (χ0v) is 16.8. The summed E-state index contributed by atoms with van der Waals surface area (Å²) in [6.45, 7) is 2.17. The highest BCUT2D eigenvalue weighted by Gasteiger charge is 2.40. The number of methoxy groups -OCH3 is 1. The number of oxime groups is 2. The van der Waals surface area contributed by atoms with Gasteiger partial charge in [-0.3, -0.25) is 4.79 Å². The van der Waals surface area contributed by atoms with Crippen LogP contribution in [0.25, 0.3) is 0 Å². The first-order valence-electron chi connectivity index (χ1n) is 9.34. The first kappa shape index (κ1) is 20.4. The molecular weight excluding hydrogens is 370 g/mol. The number of carbonyl (C=O) groups is 1. The second kappa shape index (κ2) is 9.23. The van der Waals surface area contributed by atoms with Crippen LogP contribution in [0.3, 0.4) is 0 Å². The summed E-state index contributed by atoms with van der Waals surface area (Å²) in [4.78, 5) is 22.0. The molecule has 0 heterocycles. The van der Waals surface area contributed by atoms with Gasteiger partial charge in [-0.25, -0.2) is 0 Å². The molecule has 2 N–H and O–H groups in total. The van der Waals surface area contributed by atoms with Gasteiger partial charge in [-0.05, 0) is 37.0 Å². The minimum atomic E-state index is -0.667. The van der Waals surface area contributed by atoms with Gasteiger partial charge >= 0.3 is 0 Å². The number of rotatable bonds is 9. The van der Waals surface area contributed by atoms with Crippen molar-refractivity contribution in [2.45, 2.75) is 25.9 Å². The lowest BCUT2D eigenvalue weighted by Crippen LogP contribution is -2.25. The lowest BCUT2D eigenvalue weighted by molar-refractivity contribution is -0.112. The van der Waals surface area contributed by atoms with Crippen LogP contribution >= 0.6 is 0 Å². The van der Waals surface area contributed by atoms with Gasteiger partial charge in [0.15, 0.2) is 5.71 Å². The van der Waals surface area contributed by atoms with Crippen molar-refractivity contribution in [3.8, 4) is 5.75 Å². The van der Waals surface area contributed by atoms with Crippen LogP contribution in [0.15, 0.2) is 58.8 Å². The van der Waals surface area contributed by atoms with Gasteiger partial charge in [0.1, 0.15) is 19.5 Å². The summed E-state index contributed by atoms with van der Waals surface area (Å²) >= 11 is 0. The highest BCUT2D eigenvalue weighted by molar-refractivity contribution is 6.45. The number of primary amides is 1. The van der Waals surface area contributed by atoms with Gasteiger partial charge in [0.25, 0.3) is 5.91 Å². The maximum Gasteiger partial charge on any atom is 0.271 e. The van der Waals surface area contributed by atoms with Gasteiger partial charge in [-0.1, -0.05) is 46.7 Å². The third-order valence-corrected chi connectivity index (χ3v) is 4.99. The number of nitrogens with two attached hydrogens (primary N) is 1. The number of nitrogens with zero attached hydrogens (tertiary/aromatic N) is 2. The van der Waals surface area contributed by atoms with Gasteiger partial charge in [0.2, 0.25) is 0 Å². The molecule has 0 saturated heterocycles. The number of hydrogen-bond donors (Lipinski definition) is 1. The lowest BCUT2D eigenvalue weighted by Gasteiger charge is -2.09. The van der Waals surface area contributed by atoms with Crippen LogP contribution in [0.4, 0.5) is 0 Å². The van der Waals surface area contributed by atoms with Crippen LogP contribution in [-0.4, -0.2) is 31.6 Å². The Morgan fingerprint density at radius 1 is 1.10 bits per heavy atom. The van der Waals surface area contributed by atoms with Crippen LogP contribution in [0.2, 0.25) is 0 Å². The van der Waals surface area contributed by atoms with E-state index in [0.29, 0.717) is 17.4 Å².